The van der Waals surface area contributed by atoms with Crippen LogP contribution in [0, 0.1) is 0 Å². The Bertz CT molecular complexity index is 398. The Kier molecular flexibility index (Phi) is 14.5. The normalized spacial score (nSPS) is 12.5. The summed E-state index contributed by atoms with van der Waals surface area (Å²) in [4.78, 5) is 0. The first kappa shape index (κ1) is 22.0. The van der Waals surface area contributed by atoms with E-state index in [-0.39, 0.29) is 0 Å². The van der Waals surface area contributed by atoms with E-state index < -0.39 is 0 Å². The smallest absolute Gasteiger partial charge is 0.118 e. The van der Waals surface area contributed by atoms with Gasteiger partial charge in [-0.05, 0) is 24.5 Å². The fourth-order valence-corrected chi connectivity index (χ4v) is 3.06. The maximum atomic E-state index is 9.70. The highest BCUT2D eigenvalue weighted by atomic mass is 16.6. The minimum absolute atomic E-state index is 0.460. The van der Waals surface area contributed by atoms with E-state index in [4.69, 9.17) is 0 Å². The fraction of sp³-hybridized carbons (Fsp3) is 0.739. The van der Waals surface area contributed by atoms with E-state index in [1.807, 2.05) is 18.2 Å². The monoisotopic (exact) mass is 348 g/mol. The number of aromatic hydroxyl groups is 1. The molecule has 0 aromatic heterocycles. The molecule has 0 radical (unpaired) electrons. The van der Waals surface area contributed by atoms with Gasteiger partial charge in [-0.1, -0.05) is 102 Å². The minimum atomic E-state index is 0.460. The van der Waals surface area contributed by atoms with Crippen molar-refractivity contribution in [2.75, 3.05) is 13.2 Å². The zero-order valence-electron chi connectivity index (χ0n) is 16.5. The van der Waals surface area contributed by atoms with E-state index in [0.717, 1.165) is 25.2 Å². The van der Waals surface area contributed by atoms with Gasteiger partial charge in [0.25, 0.3) is 0 Å². The molecule has 1 aromatic carbocycles. The first-order valence-electron chi connectivity index (χ1n) is 10.7. The van der Waals surface area contributed by atoms with Crippen LogP contribution in [0.1, 0.15) is 96.0 Å². The molecule has 144 valence electrons. The lowest BCUT2D eigenvalue weighted by Gasteiger charge is -2.05. The Balaban J connectivity index is 0.000000934. The predicted octanol–water partition coefficient (Wildman–Crippen LogP) is 7.04. The fourth-order valence-electron chi connectivity index (χ4n) is 3.06. The van der Waals surface area contributed by atoms with Crippen LogP contribution in [0.2, 0.25) is 0 Å². The van der Waals surface area contributed by atoms with Gasteiger partial charge in [-0.3, -0.25) is 0 Å². The topological polar surface area (TPSA) is 32.8 Å². The molecule has 0 unspecified atom stereocenters. The highest BCUT2D eigenvalue weighted by molar-refractivity contribution is 5.31. The van der Waals surface area contributed by atoms with Crippen molar-refractivity contribution in [3.05, 3.63) is 29.8 Å². The largest absolute Gasteiger partial charge is 0.508 e. The van der Waals surface area contributed by atoms with E-state index in [0.29, 0.717) is 5.75 Å². The second-order valence-corrected chi connectivity index (χ2v) is 7.23. The zero-order chi connectivity index (χ0) is 18.0. The molecule has 0 saturated carbocycles. The van der Waals surface area contributed by atoms with Crippen molar-refractivity contribution in [3.63, 3.8) is 0 Å². The molecular weight excluding hydrogens is 308 g/mol. The van der Waals surface area contributed by atoms with Gasteiger partial charge in [0.05, 0.1) is 13.2 Å². The van der Waals surface area contributed by atoms with Crippen LogP contribution in [0.4, 0.5) is 0 Å². The number of hydrogen-bond acceptors (Lipinski definition) is 2. The van der Waals surface area contributed by atoms with Crippen molar-refractivity contribution in [2.24, 2.45) is 0 Å². The summed E-state index contributed by atoms with van der Waals surface area (Å²) in [7, 11) is 0. The van der Waals surface area contributed by atoms with Gasteiger partial charge in [0.15, 0.2) is 0 Å². The summed E-state index contributed by atoms with van der Waals surface area (Å²) in [6.07, 6.45) is 19.1. The number of hydrogen-bond donors (Lipinski definition) is 1. The molecule has 0 atom stereocenters. The van der Waals surface area contributed by atoms with E-state index >= 15 is 0 Å². The number of phenols is 1. The quantitative estimate of drug-likeness (QED) is 0.289. The summed E-state index contributed by atoms with van der Waals surface area (Å²) >= 11 is 0. The Hall–Kier alpha value is -1.02. The molecule has 2 rings (SSSR count). The van der Waals surface area contributed by atoms with E-state index in [9.17, 15) is 5.11 Å². The lowest BCUT2D eigenvalue weighted by Crippen LogP contribution is -1.87. The van der Waals surface area contributed by atoms with Crippen LogP contribution in [0.25, 0.3) is 0 Å². The highest BCUT2D eigenvalue weighted by Crippen LogP contribution is 2.19. The van der Waals surface area contributed by atoms with Gasteiger partial charge < -0.3 is 9.84 Å². The zero-order valence-corrected chi connectivity index (χ0v) is 16.5. The second kappa shape index (κ2) is 16.4. The summed E-state index contributed by atoms with van der Waals surface area (Å²) in [5.41, 5.74) is 1.10. The van der Waals surface area contributed by atoms with Gasteiger partial charge in [0.2, 0.25) is 0 Å². The van der Waals surface area contributed by atoms with Gasteiger partial charge in [0, 0.05) is 0 Å². The molecular formula is C23H40O2. The van der Waals surface area contributed by atoms with E-state index in [1.54, 1.807) is 6.07 Å². The number of epoxide rings is 1. The molecule has 1 aliphatic rings. The molecule has 2 nitrogen and oxygen atoms in total. The van der Waals surface area contributed by atoms with Crippen molar-refractivity contribution in [1.29, 1.82) is 0 Å². The van der Waals surface area contributed by atoms with Gasteiger partial charge in [0.1, 0.15) is 5.75 Å². The number of phenolic OH excluding ortho intramolecular Hbond substituents is 1. The van der Waals surface area contributed by atoms with Crippen LogP contribution in [0.5, 0.6) is 5.75 Å². The predicted molar refractivity (Wildman–Crippen MR) is 108 cm³/mol. The third kappa shape index (κ3) is 15.0. The van der Waals surface area contributed by atoms with Crippen LogP contribution in [-0.2, 0) is 11.2 Å². The molecule has 2 heteroatoms. The van der Waals surface area contributed by atoms with Crippen LogP contribution >= 0.6 is 0 Å². The van der Waals surface area contributed by atoms with Crippen molar-refractivity contribution in [3.8, 4) is 5.75 Å². The average molecular weight is 349 g/mol. The minimum Gasteiger partial charge on any atom is -0.508 e. The molecule has 1 fully saturated rings. The Labute approximate surface area is 156 Å². The van der Waals surface area contributed by atoms with E-state index in [1.165, 1.54) is 83.5 Å². The number of benzene rings is 1. The molecule has 1 aromatic rings. The Morgan fingerprint density at radius 1 is 0.720 bits per heavy atom. The standard InChI is InChI=1S/C21H36O.C2H4O/c1-2-3-4-5-6-7-8-9-10-11-12-13-14-17-20-18-15-16-19-21(20)22;1-2-3-1/h15-16,18-19,22H,2-14,17H2,1H3;1-2H2. The lowest BCUT2D eigenvalue weighted by molar-refractivity contribution is 0.465. The Morgan fingerprint density at radius 3 is 1.60 bits per heavy atom. The maximum Gasteiger partial charge on any atom is 0.118 e. The van der Waals surface area contributed by atoms with Crippen molar-refractivity contribution in [2.45, 2.75) is 96.8 Å². The molecule has 25 heavy (non-hydrogen) atoms. The van der Waals surface area contributed by atoms with Crippen LogP contribution in [0.15, 0.2) is 24.3 Å². The number of unbranched alkanes of at least 4 members (excludes halogenated alkanes) is 12. The third-order valence-corrected chi connectivity index (χ3v) is 4.75. The maximum absolute atomic E-state index is 9.70. The molecule has 0 aliphatic carbocycles. The van der Waals surface area contributed by atoms with Crippen molar-refractivity contribution >= 4 is 0 Å². The second-order valence-electron chi connectivity index (χ2n) is 7.23. The molecule has 1 heterocycles. The molecule has 1 aliphatic heterocycles. The summed E-state index contributed by atoms with van der Waals surface area (Å²) in [5.74, 6) is 0.460. The van der Waals surface area contributed by atoms with Crippen LogP contribution in [-0.4, -0.2) is 18.3 Å². The molecule has 1 saturated heterocycles. The summed E-state index contributed by atoms with van der Waals surface area (Å²) in [6.45, 7) is 4.28. The number of rotatable bonds is 14. The van der Waals surface area contributed by atoms with Gasteiger partial charge >= 0.3 is 0 Å². The number of aryl methyl sites for hydroxylation is 1. The first-order valence-corrected chi connectivity index (χ1v) is 10.7. The summed E-state index contributed by atoms with van der Waals surface area (Å²) in [6, 6.07) is 7.73. The van der Waals surface area contributed by atoms with E-state index in [2.05, 4.69) is 11.7 Å². The molecule has 0 spiro atoms. The number of para-hydroxylation sites is 1. The van der Waals surface area contributed by atoms with Crippen LogP contribution < -0.4 is 0 Å². The SMILES string of the molecule is C1CO1.CCCCCCCCCCCCCCCc1ccccc1O. The Morgan fingerprint density at radius 2 is 1.16 bits per heavy atom. The first-order chi connectivity index (χ1) is 12.3. The van der Waals surface area contributed by atoms with Crippen molar-refractivity contribution < 1.29 is 9.84 Å². The average Bonchev–Trinajstić information content (AvgIpc) is 3.49. The van der Waals surface area contributed by atoms with Crippen molar-refractivity contribution in [1.82, 2.24) is 0 Å². The molecule has 0 amide bonds. The van der Waals surface area contributed by atoms with Gasteiger partial charge in [-0.2, -0.15) is 0 Å². The number of ether oxygens (including phenoxy) is 1. The molecule has 1 N–H and O–H groups in total. The highest BCUT2D eigenvalue weighted by Gasteiger charge is 1.99. The summed E-state index contributed by atoms with van der Waals surface area (Å²) in [5, 5.41) is 9.70. The van der Waals surface area contributed by atoms with Crippen LogP contribution in [0.3, 0.4) is 0 Å². The lowest BCUT2D eigenvalue weighted by atomic mass is 10.0. The summed E-state index contributed by atoms with van der Waals surface area (Å²) < 4.78 is 4.50. The van der Waals surface area contributed by atoms with Gasteiger partial charge in [-0.25, -0.2) is 0 Å². The molecule has 0 bridgehead atoms. The van der Waals surface area contributed by atoms with Gasteiger partial charge in [-0.15, -0.1) is 0 Å². The third-order valence-electron chi connectivity index (χ3n) is 4.75.